The zero-order valence-electron chi connectivity index (χ0n) is 15.9. The number of fused-ring (bicyclic) bond motifs is 3. The van der Waals surface area contributed by atoms with Crippen molar-refractivity contribution in [1.82, 2.24) is 9.80 Å². The second kappa shape index (κ2) is 6.74. The normalized spacial score (nSPS) is 31.5. The summed E-state index contributed by atoms with van der Waals surface area (Å²) in [6, 6.07) is 4.64. The molecule has 1 amide bonds. The Bertz CT molecular complexity index is 708. The highest BCUT2D eigenvalue weighted by molar-refractivity contribution is 5.79. The first-order valence-electron chi connectivity index (χ1n) is 9.55. The van der Waals surface area contributed by atoms with Crippen molar-refractivity contribution in [2.24, 2.45) is 11.7 Å². The molecule has 0 radical (unpaired) electrons. The van der Waals surface area contributed by atoms with Gasteiger partial charge in [0.1, 0.15) is 0 Å². The molecule has 2 saturated heterocycles. The van der Waals surface area contributed by atoms with Crippen LogP contribution in [0, 0.1) is 5.92 Å². The number of ether oxygens (including phenoxy) is 2. The monoisotopic (exact) mass is 359 g/mol. The average Bonchev–Trinajstić information content (AvgIpc) is 2.97. The Hall–Kier alpha value is -1.79. The second-order valence-corrected chi connectivity index (χ2v) is 7.99. The van der Waals surface area contributed by atoms with E-state index in [1.54, 1.807) is 14.2 Å². The summed E-state index contributed by atoms with van der Waals surface area (Å²) in [7, 11) is 3.35. The highest BCUT2D eigenvalue weighted by Gasteiger charge is 2.43. The third kappa shape index (κ3) is 2.85. The minimum Gasteiger partial charge on any atom is -0.493 e. The van der Waals surface area contributed by atoms with Crippen LogP contribution in [0.25, 0.3) is 0 Å². The van der Waals surface area contributed by atoms with E-state index >= 15 is 0 Å². The third-order valence-electron chi connectivity index (χ3n) is 6.28. The molecule has 2 N–H and O–H groups in total. The van der Waals surface area contributed by atoms with Crippen molar-refractivity contribution >= 4 is 5.91 Å². The van der Waals surface area contributed by atoms with Crippen LogP contribution >= 0.6 is 0 Å². The summed E-state index contributed by atoms with van der Waals surface area (Å²) in [5, 5.41) is 0. The molecule has 3 aliphatic heterocycles. The maximum absolute atomic E-state index is 12.4. The van der Waals surface area contributed by atoms with E-state index in [2.05, 4.69) is 24.0 Å². The predicted molar refractivity (Wildman–Crippen MR) is 99.4 cm³/mol. The molecular weight excluding hydrogens is 330 g/mol. The molecule has 4 rings (SSSR count). The van der Waals surface area contributed by atoms with Gasteiger partial charge in [0.2, 0.25) is 5.91 Å². The number of nitrogens with two attached hydrogens (primary N) is 1. The maximum Gasteiger partial charge on any atom is 0.223 e. The first-order valence-corrected chi connectivity index (χ1v) is 9.55. The molecule has 0 aromatic heterocycles. The maximum atomic E-state index is 12.4. The summed E-state index contributed by atoms with van der Waals surface area (Å²) in [6.45, 7) is 4.84. The lowest BCUT2D eigenvalue weighted by Gasteiger charge is -2.48. The fourth-order valence-corrected chi connectivity index (χ4v) is 4.93. The molecule has 0 saturated carbocycles. The Balaban J connectivity index is 1.60. The van der Waals surface area contributed by atoms with E-state index in [1.165, 1.54) is 11.1 Å². The third-order valence-corrected chi connectivity index (χ3v) is 6.28. The molecule has 0 bridgehead atoms. The number of likely N-dealkylation sites (tertiary alicyclic amines) is 1. The number of carbonyl (C=O) groups excluding carboxylic acids is 1. The fraction of sp³-hybridized carbons (Fsp3) is 0.650. The highest BCUT2D eigenvalue weighted by Crippen LogP contribution is 2.42. The van der Waals surface area contributed by atoms with Gasteiger partial charge in [0.15, 0.2) is 11.5 Å². The van der Waals surface area contributed by atoms with Crippen LogP contribution in [0.15, 0.2) is 12.1 Å². The summed E-state index contributed by atoms with van der Waals surface area (Å²) in [5.41, 5.74) is 9.20. The van der Waals surface area contributed by atoms with Gasteiger partial charge in [-0.05, 0) is 42.0 Å². The van der Waals surface area contributed by atoms with Crippen LogP contribution < -0.4 is 15.2 Å². The lowest BCUT2D eigenvalue weighted by molar-refractivity contribution is -0.131. The number of piperidine rings is 1. The number of amides is 1. The van der Waals surface area contributed by atoms with Crippen molar-refractivity contribution in [1.29, 1.82) is 0 Å². The molecule has 2 fully saturated rings. The standard InChI is InChI=1S/C20H29N3O3/c1-12-6-20(24)23(10-12)17-11-22-5-4-13-7-18(25-2)19(26-3)8-14(13)16(22)9-15(17)21/h7-8,12,15-17H,4-6,9-11,21H2,1-3H3/t12?,15?,16-,17?/m0/s1. The number of benzene rings is 1. The van der Waals surface area contributed by atoms with Crippen LogP contribution in [0.3, 0.4) is 0 Å². The summed E-state index contributed by atoms with van der Waals surface area (Å²) in [5.74, 6) is 2.26. The van der Waals surface area contributed by atoms with Crippen LogP contribution in [0.4, 0.5) is 0 Å². The van der Waals surface area contributed by atoms with Gasteiger partial charge < -0.3 is 20.1 Å². The van der Waals surface area contributed by atoms with E-state index in [4.69, 9.17) is 15.2 Å². The predicted octanol–water partition coefficient (Wildman–Crippen LogP) is 1.57. The van der Waals surface area contributed by atoms with Crippen LogP contribution in [0.5, 0.6) is 11.5 Å². The Morgan fingerprint density at radius 3 is 2.54 bits per heavy atom. The van der Waals surface area contributed by atoms with Gasteiger partial charge in [-0.1, -0.05) is 6.92 Å². The van der Waals surface area contributed by atoms with Gasteiger partial charge in [-0.2, -0.15) is 0 Å². The van der Waals surface area contributed by atoms with Gasteiger partial charge >= 0.3 is 0 Å². The first kappa shape index (κ1) is 17.6. The van der Waals surface area contributed by atoms with Crippen LogP contribution in [0.2, 0.25) is 0 Å². The molecule has 1 aromatic carbocycles. The van der Waals surface area contributed by atoms with Crippen molar-refractivity contribution in [3.05, 3.63) is 23.3 Å². The van der Waals surface area contributed by atoms with Crippen LogP contribution in [-0.4, -0.2) is 61.6 Å². The molecule has 3 unspecified atom stereocenters. The summed E-state index contributed by atoms with van der Waals surface area (Å²) in [6.07, 6.45) is 2.51. The molecule has 0 aliphatic carbocycles. The molecule has 142 valence electrons. The van der Waals surface area contributed by atoms with Gasteiger partial charge in [-0.15, -0.1) is 0 Å². The summed E-state index contributed by atoms with van der Waals surface area (Å²) in [4.78, 5) is 16.9. The Morgan fingerprint density at radius 1 is 1.15 bits per heavy atom. The zero-order valence-corrected chi connectivity index (χ0v) is 15.9. The van der Waals surface area contributed by atoms with Crippen molar-refractivity contribution in [3.8, 4) is 11.5 Å². The second-order valence-electron chi connectivity index (χ2n) is 7.99. The van der Waals surface area contributed by atoms with Gasteiger partial charge in [0, 0.05) is 38.1 Å². The molecule has 1 aromatic rings. The fourth-order valence-electron chi connectivity index (χ4n) is 4.93. The lowest BCUT2D eigenvalue weighted by Crippen LogP contribution is -2.60. The van der Waals surface area contributed by atoms with E-state index in [0.29, 0.717) is 18.4 Å². The van der Waals surface area contributed by atoms with E-state index in [9.17, 15) is 4.79 Å². The average molecular weight is 359 g/mol. The van der Waals surface area contributed by atoms with E-state index in [-0.39, 0.29) is 18.0 Å². The Kier molecular flexibility index (Phi) is 4.57. The largest absolute Gasteiger partial charge is 0.493 e. The molecule has 4 atom stereocenters. The number of methoxy groups -OCH3 is 2. The molecule has 3 heterocycles. The first-order chi connectivity index (χ1) is 12.5. The van der Waals surface area contributed by atoms with Crippen LogP contribution in [0.1, 0.15) is 36.9 Å². The molecule has 6 nitrogen and oxygen atoms in total. The van der Waals surface area contributed by atoms with Gasteiger partial charge in [0.05, 0.1) is 20.3 Å². The molecule has 6 heteroatoms. The zero-order chi connectivity index (χ0) is 18.4. The number of nitrogens with zero attached hydrogens (tertiary/aromatic N) is 2. The summed E-state index contributed by atoms with van der Waals surface area (Å²) < 4.78 is 11.0. The minimum absolute atomic E-state index is 0.00421. The smallest absolute Gasteiger partial charge is 0.223 e. The molecule has 3 aliphatic rings. The number of rotatable bonds is 3. The molecular formula is C20H29N3O3. The topological polar surface area (TPSA) is 68.0 Å². The van der Waals surface area contributed by atoms with Gasteiger partial charge in [-0.3, -0.25) is 9.69 Å². The molecule has 0 spiro atoms. The van der Waals surface area contributed by atoms with Crippen molar-refractivity contribution < 1.29 is 14.3 Å². The van der Waals surface area contributed by atoms with Crippen molar-refractivity contribution in [3.63, 3.8) is 0 Å². The Labute approximate surface area is 155 Å². The lowest BCUT2D eigenvalue weighted by atomic mass is 9.83. The number of hydrogen-bond donors (Lipinski definition) is 1. The van der Waals surface area contributed by atoms with Gasteiger partial charge in [0.25, 0.3) is 0 Å². The number of carbonyl (C=O) groups is 1. The molecule has 26 heavy (non-hydrogen) atoms. The van der Waals surface area contributed by atoms with Crippen molar-refractivity contribution in [2.75, 3.05) is 33.9 Å². The van der Waals surface area contributed by atoms with Crippen LogP contribution in [-0.2, 0) is 11.2 Å². The summed E-state index contributed by atoms with van der Waals surface area (Å²) >= 11 is 0. The minimum atomic E-state index is 0.00421. The Morgan fingerprint density at radius 2 is 1.88 bits per heavy atom. The highest BCUT2D eigenvalue weighted by atomic mass is 16.5. The van der Waals surface area contributed by atoms with E-state index < -0.39 is 0 Å². The van der Waals surface area contributed by atoms with E-state index in [0.717, 1.165) is 44.0 Å². The van der Waals surface area contributed by atoms with Gasteiger partial charge in [-0.25, -0.2) is 0 Å². The van der Waals surface area contributed by atoms with E-state index in [1.807, 2.05) is 4.90 Å². The number of hydrogen-bond acceptors (Lipinski definition) is 5. The SMILES string of the molecule is COc1cc2c(cc1OC)[C@@H]1CC(N)C(N3CC(C)CC3=O)CN1CC2. The quantitative estimate of drug-likeness (QED) is 0.887. The van der Waals surface area contributed by atoms with Crippen molar-refractivity contribution in [2.45, 2.75) is 44.3 Å².